The summed E-state index contributed by atoms with van der Waals surface area (Å²) < 4.78 is 0. The Balaban J connectivity index is 1.61. The number of aromatic carboxylic acids is 1. The first kappa shape index (κ1) is 17.9. The molecule has 0 spiro atoms. The number of carboxylic acids is 1. The Bertz CT molecular complexity index is 860. The monoisotopic (exact) mass is 372 g/mol. The molecule has 3 rings (SSSR count). The summed E-state index contributed by atoms with van der Waals surface area (Å²) in [6.45, 7) is 0.427. The van der Waals surface area contributed by atoms with Crippen LogP contribution in [0.5, 0.6) is 0 Å². The van der Waals surface area contributed by atoms with E-state index >= 15 is 0 Å². The number of carbonyl (C=O) groups excluding carboxylic acids is 2. The number of rotatable bonds is 6. The van der Waals surface area contributed by atoms with E-state index in [1.54, 1.807) is 24.3 Å². The van der Waals surface area contributed by atoms with E-state index in [0.29, 0.717) is 17.8 Å². The van der Waals surface area contributed by atoms with Crippen molar-refractivity contribution in [1.29, 1.82) is 0 Å². The second kappa shape index (κ2) is 7.58. The first-order valence-corrected chi connectivity index (χ1v) is 8.52. The van der Waals surface area contributed by atoms with E-state index in [4.69, 9.17) is 16.7 Å². The molecule has 0 radical (unpaired) electrons. The minimum absolute atomic E-state index is 0.0730. The SMILES string of the molecule is O=C(Nc1ccc(Cl)c(C(=O)O)c1)c1ccc(CNC(=O)C2CC2)cc1. The lowest BCUT2D eigenvalue weighted by Gasteiger charge is -2.08. The van der Waals surface area contributed by atoms with E-state index in [1.807, 2.05) is 0 Å². The lowest BCUT2D eigenvalue weighted by molar-refractivity contribution is -0.122. The van der Waals surface area contributed by atoms with Crippen LogP contribution in [0.3, 0.4) is 0 Å². The third-order valence-electron chi connectivity index (χ3n) is 4.09. The van der Waals surface area contributed by atoms with Gasteiger partial charge in [-0.3, -0.25) is 9.59 Å². The summed E-state index contributed by atoms with van der Waals surface area (Å²) in [5.74, 6) is -1.29. The highest BCUT2D eigenvalue weighted by Crippen LogP contribution is 2.28. The summed E-state index contributed by atoms with van der Waals surface area (Å²) in [6.07, 6.45) is 1.92. The van der Waals surface area contributed by atoms with Gasteiger partial charge in [0.1, 0.15) is 0 Å². The molecule has 6 nitrogen and oxygen atoms in total. The van der Waals surface area contributed by atoms with Gasteiger partial charge in [-0.1, -0.05) is 23.7 Å². The van der Waals surface area contributed by atoms with Gasteiger partial charge in [0.2, 0.25) is 5.91 Å². The Hall–Kier alpha value is -2.86. The Morgan fingerprint density at radius 3 is 2.38 bits per heavy atom. The fraction of sp³-hybridized carbons (Fsp3) is 0.211. The zero-order valence-electron chi connectivity index (χ0n) is 13.8. The third-order valence-corrected chi connectivity index (χ3v) is 4.42. The Kier molecular flexibility index (Phi) is 5.23. The molecule has 0 aliphatic heterocycles. The normalized spacial score (nSPS) is 13.1. The van der Waals surface area contributed by atoms with Gasteiger partial charge in [-0.25, -0.2) is 4.79 Å². The van der Waals surface area contributed by atoms with Gasteiger partial charge in [0, 0.05) is 23.7 Å². The predicted octanol–water partition coefficient (Wildman–Crippen LogP) is 3.32. The van der Waals surface area contributed by atoms with Crippen molar-refractivity contribution in [1.82, 2.24) is 5.32 Å². The summed E-state index contributed by atoms with van der Waals surface area (Å²) in [4.78, 5) is 35.0. The van der Waals surface area contributed by atoms with Gasteiger partial charge in [0.25, 0.3) is 5.91 Å². The zero-order chi connectivity index (χ0) is 18.7. The van der Waals surface area contributed by atoms with Crippen molar-refractivity contribution in [2.45, 2.75) is 19.4 Å². The van der Waals surface area contributed by atoms with Gasteiger partial charge in [0.05, 0.1) is 10.6 Å². The average molecular weight is 373 g/mol. The molecule has 0 saturated heterocycles. The lowest BCUT2D eigenvalue weighted by Crippen LogP contribution is -2.24. The number of hydrogen-bond donors (Lipinski definition) is 3. The van der Waals surface area contributed by atoms with Crippen molar-refractivity contribution in [3.63, 3.8) is 0 Å². The first-order chi connectivity index (χ1) is 12.4. The molecule has 2 aromatic rings. The van der Waals surface area contributed by atoms with Crippen LogP contribution < -0.4 is 10.6 Å². The molecule has 26 heavy (non-hydrogen) atoms. The lowest BCUT2D eigenvalue weighted by atomic mass is 10.1. The van der Waals surface area contributed by atoms with Crippen LogP contribution in [0, 0.1) is 5.92 Å². The summed E-state index contributed by atoms with van der Waals surface area (Å²) in [5.41, 5.74) is 1.59. The molecule has 0 bridgehead atoms. The van der Waals surface area contributed by atoms with Crippen LogP contribution in [-0.4, -0.2) is 22.9 Å². The number of hydrogen-bond acceptors (Lipinski definition) is 3. The molecule has 2 aromatic carbocycles. The topological polar surface area (TPSA) is 95.5 Å². The van der Waals surface area contributed by atoms with Crippen molar-refractivity contribution < 1.29 is 19.5 Å². The second-order valence-electron chi connectivity index (χ2n) is 6.14. The maximum Gasteiger partial charge on any atom is 0.337 e. The number of carboxylic acid groups (broad SMARTS) is 1. The van der Waals surface area contributed by atoms with E-state index < -0.39 is 5.97 Å². The molecule has 0 unspecified atom stereocenters. The Labute approximate surface area is 155 Å². The summed E-state index contributed by atoms with van der Waals surface area (Å²) in [5, 5.41) is 14.7. The van der Waals surface area contributed by atoms with E-state index in [1.165, 1.54) is 18.2 Å². The van der Waals surface area contributed by atoms with Crippen LogP contribution in [0.15, 0.2) is 42.5 Å². The smallest absolute Gasteiger partial charge is 0.337 e. The molecule has 1 fully saturated rings. The number of halogens is 1. The number of carbonyl (C=O) groups is 3. The number of benzene rings is 2. The van der Waals surface area contributed by atoms with Crippen LogP contribution >= 0.6 is 11.6 Å². The van der Waals surface area contributed by atoms with Gasteiger partial charge in [-0.05, 0) is 48.7 Å². The number of anilines is 1. The Morgan fingerprint density at radius 1 is 1.08 bits per heavy atom. The van der Waals surface area contributed by atoms with E-state index in [9.17, 15) is 14.4 Å². The third kappa shape index (κ3) is 4.40. The van der Waals surface area contributed by atoms with Crippen LogP contribution in [0.1, 0.15) is 39.1 Å². The predicted molar refractivity (Wildman–Crippen MR) is 97.4 cm³/mol. The van der Waals surface area contributed by atoms with Crippen molar-refractivity contribution in [2.24, 2.45) is 5.92 Å². The highest BCUT2D eigenvalue weighted by Gasteiger charge is 2.29. The molecule has 7 heteroatoms. The second-order valence-corrected chi connectivity index (χ2v) is 6.55. The van der Waals surface area contributed by atoms with Gasteiger partial charge in [-0.15, -0.1) is 0 Å². The van der Waals surface area contributed by atoms with Crippen molar-refractivity contribution >= 4 is 35.1 Å². The highest BCUT2D eigenvalue weighted by atomic mass is 35.5. The van der Waals surface area contributed by atoms with Crippen LogP contribution in [0.4, 0.5) is 5.69 Å². The van der Waals surface area contributed by atoms with Gasteiger partial charge in [0.15, 0.2) is 0 Å². The summed E-state index contributed by atoms with van der Waals surface area (Å²) in [7, 11) is 0. The molecule has 0 aromatic heterocycles. The largest absolute Gasteiger partial charge is 0.478 e. The van der Waals surface area contributed by atoms with Gasteiger partial charge in [-0.2, -0.15) is 0 Å². The molecule has 1 saturated carbocycles. The molecule has 1 aliphatic rings. The van der Waals surface area contributed by atoms with Crippen molar-refractivity contribution in [2.75, 3.05) is 5.32 Å². The van der Waals surface area contributed by atoms with Crippen LogP contribution in [0.2, 0.25) is 5.02 Å². The molecule has 2 amide bonds. The van der Waals surface area contributed by atoms with E-state index in [-0.39, 0.29) is 28.3 Å². The molecule has 1 aliphatic carbocycles. The summed E-state index contributed by atoms with van der Waals surface area (Å²) in [6, 6.07) is 11.1. The van der Waals surface area contributed by atoms with Crippen LogP contribution in [-0.2, 0) is 11.3 Å². The minimum atomic E-state index is -1.16. The van der Waals surface area contributed by atoms with Gasteiger partial charge < -0.3 is 15.7 Å². The first-order valence-electron chi connectivity index (χ1n) is 8.15. The molecular formula is C19H17ClN2O4. The van der Waals surface area contributed by atoms with E-state index in [0.717, 1.165) is 18.4 Å². The Morgan fingerprint density at radius 2 is 1.77 bits per heavy atom. The molecule has 0 atom stereocenters. The minimum Gasteiger partial charge on any atom is -0.478 e. The van der Waals surface area contributed by atoms with Crippen molar-refractivity contribution in [3.05, 3.63) is 64.2 Å². The molecule has 3 N–H and O–H groups in total. The van der Waals surface area contributed by atoms with E-state index in [2.05, 4.69) is 10.6 Å². The molecular weight excluding hydrogens is 356 g/mol. The van der Waals surface area contributed by atoms with Crippen LogP contribution in [0.25, 0.3) is 0 Å². The highest BCUT2D eigenvalue weighted by molar-refractivity contribution is 6.33. The summed E-state index contributed by atoms with van der Waals surface area (Å²) >= 11 is 5.81. The fourth-order valence-electron chi connectivity index (χ4n) is 2.42. The number of amides is 2. The fourth-order valence-corrected chi connectivity index (χ4v) is 2.62. The van der Waals surface area contributed by atoms with Gasteiger partial charge >= 0.3 is 5.97 Å². The molecule has 0 heterocycles. The average Bonchev–Trinajstić information content (AvgIpc) is 3.46. The molecule has 134 valence electrons. The maximum absolute atomic E-state index is 12.3. The van der Waals surface area contributed by atoms with Crippen molar-refractivity contribution in [3.8, 4) is 0 Å². The maximum atomic E-state index is 12.3. The zero-order valence-corrected chi connectivity index (χ0v) is 14.5. The standard InChI is InChI=1S/C19H17ClN2O4/c20-16-8-7-14(9-15(16)19(25)26)22-18(24)13-3-1-11(2-4-13)10-21-17(23)12-5-6-12/h1-4,7-9,12H,5-6,10H2,(H,21,23)(H,22,24)(H,25,26). The quantitative estimate of drug-likeness (QED) is 0.724. The number of nitrogens with one attached hydrogen (secondary N) is 2.